The molecule has 0 bridgehead atoms. The van der Waals surface area contributed by atoms with Gasteiger partial charge in [-0.25, -0.2) is 13.1 Å². The van der Waals surface area contributed by atoms with Crippen LogP contribution in [0.3, 0.4) is 0 Å². The molecule has 2 rings (SSSR count). The third-order valence-corrected chi connectivity index (χ3v) is 7.30. The molecule has 1 amide bonds. The molecule has 0 saturated carbocycles. The lowest BCUT2D eigenvalue weighted by Gasteiger charge is -2.19. The van der Waals surface area contributed by atoms with Crippen LogP contribution in [0.15, 0.2) is 4.90 Å². The largest absolute Gasteiger partial charge is 0.376 e. The van der Waals surface area contributed by atoms with Crippen molar-refractivity contribution in [3.05, 3.63) is 27.8 Å². The second-order valence-electron chi connectivity index (χ2n) is 7.14. The van der Waals surface area contributed by atoms with Gasteiger partial charge < -0.3 is 10.1 Å². The van der Waals surface area contributed by atoms with Crippen molar-refractivity contribution in [2.45, 2.75) is 71.4 Å². The first kappa shape index (κ1) is 20.9. The van der Waals surface area contributed by atoms with Gasteiger partial charge in [0.2, 0.25) is 15.9 Å². The molecule has 26 heavy (non-hydrogen) atoms. The van der Waals surface area contributed by atoms with Gasteiger partial charge in [0.1, 0.15) is 0 Å². The molecule has 1 fully saturated rings. The van der Waals surface area contributed by atoms with Crippen LogP contribution < -0.4 is 10.0 Å². The standard InChI is InChI=1S/C19H30N2O4S/c1-11-12(2)14(4)19(15(5)13(11)3)26(23,24)20-9-7-18(22)21-17-8-10-25-16(17)6/h16-17,20H,7-10H2,1-6H3,(H,21,22)/t16-,17-/m1/s1. The van der Waals surface area contributed by atoms with Crippen molar-refractivity contribution < 1.29 is 17.9 Å². The van der Waals surface area contributed by atoms with Crippen LogP contribution >= 0.6 is 0 Å². The molecule has 7 heteroatoms. The average Bonchev–Trinajstić information content (AvgIpc) is 2.95. The first-order chi connectivity index (χ1) is 12.1. The summed E-state index contributed by atoms with van der Waals surface area (Å²) in [5.74, 6) is -0.167. The van der Waals surface area contributed by atoms with E-state index in [1.807, 2.05) is 41.5 Å². The molecule has 1 aliphatic rings. The maximum atomic E-state index is 12.8. The molecule has 1 aromatic carbocycles. The summed E-state index contributed by atoms with van der Waals surface area (Å²) in [6, 6.07) is 0.00555. The number of ether oxygens (including phenoxy) is 1. The summed E-state index contributed by atoms with van der Waals surface area (Å²) in [7, 11) is -3.67. The Kier molecular flexibility index (Phi) is 6.47. The Balaban J connectivity index is 2.05. The minimum Gasteiger partial charge on any atom is -0.376 e. The summed E-state index contributed by atoms with van der Waals surface area (Å²) in [4.78, 5) is 12.4. The number of benzene rings is 1. The van der Waals surface area contributed by atoms with Crippen LogP contribution in [-0.4, -0.2) is 39.6 Å². The molecule has 146 valence electrons. The van der Waals surface area contributed by atoms with E-state index < -0.39 is 10.0 Å². The van der Waals surface area contributed by atoms with E-state index in [4.69, 9.17) is 4.74 Å². The van der Waals surface area contributed by atoms with Crippen molar-refractivity contribution in [1.82, 2.24) is 10.0 Å². The Morgan fingerprint density at radius 1 is 1.04 bits per heavy atom. The molecular formula is C19H30N2O4S. The number of rotatable bonds is 6. The van der Waals surface area contributed by atoms with Gasteiger partial charge in [0.25, 0.3) is 0 Å². The third-order valence-electron chi connectivity index (χ3n) is 5.57. The van der Waals surface area contributed by atoms with Gasteiger partial charge in [0.15, 0.2) is 0 Å². The fraction of sp³-hybridized carbons (Fsp3) is 0.632. The van der Waals surface area contributed by atoms with Gasteiger partial charge in [-0.3, -0.25) is 4.79 Å². The van der Waals surface area contributed by atoms with Crippen molar-refractivity contribution in [2.24, 2.45) is 0 Å². The van der Waals surface area contributed by atoms with Crippen molar-refractivity contribution >= 4 is 15.9 Å². The van der Waals surface area contributed by atoms with Gasteiger partial charge >= 0.3 is 0 Å². The van der Waals surface area contributed by atoms with Gasteiger partial charge in [0, 0.05) is 19.6 Å². The topological polar surface area (TPSA) is 84.5 Å². The first-order valence-corrected chi connectivity index (χ1v) is 10.5. The van der Waals surface area contributed by atoms with E-state index in [0.717, 1.165) is 34.2 Å². The summed E-state index contributed by atoms with van der Waals surface area (Å²) in [5.41, 5.74) is 4.62. The molecule has 2 N–H and O–H groups in total. The lowest BCUT2D eigenvalue weighted by molar-refractivity contribution is -0.122. The predicted molar refractivity (Wildman–Crippen MR) is 102 cm³/mol. The fourth-order valence-electron chi connectivity index (χ4n) is 3.44. The molecular weight excluding hydrogens is 352 g/mol. The van der Waals surface area contributed by atoms with Gasteiger partial charge in [0.05, 0.1) is 17.0 Å². The quantitative estimate of drug-likeness (QED) is 0.790. The van der Waals surface area contributed by atoms with E-state index in [2.05, 4.69) is 10.0 Å². The normalized spacial score (nSPS) is 20.4. The Morgan fingerprint density at radius 3 is 2.08 bits per heavy atom. The molecule has 1 heterocycles. The lowest BCUT2D eigenvalue weighted by atomic mass is 9.95. The number of carbonyl (C=O) groups excluding carboxylic acids is 1. The number of sulfonamides is 1. The highest BCUT2D eigenvalue weighted by atomic mass is 32.2. The molecule has 0 spiro atoms. The van der Waals surface area contributed by atoms with E-state index in [9.17, 15) is 13.2 Å². The van der Waals surface area contributed by atoms with E-state index in [0.29, 0.717) is 11.5 Å². The summed E-state index contributed by atoms with van der Waals surface area (Å²) in [5, 5.41) is 2.90. The summed E-state index contributed by atoms with van der Waals surface area (Å²) >= 11 is 0. The Morgan fingerprint density at radius 2 is 1.58 bits per heavy atom. The van der Waals surface area contributed by atoms with Crippen molar-refractivity contribution in [2.75, 3.05) is 13.2 Å². The predicted octanol–water partition coefficient (Wildman–Crippen LogP) is 2.19. The molecule has 6 nitrogen and oxygen atoms in total. The number of carbonyl (C=O) groups is 1. The fourth-order valence-corrected chi connectivity index (χ4v) is 5.07. The van der Waals surface area contributed by atoms with E-state index in [1.165, 1.54) is 0 Å². The Hall–Kier alpha value is -1.44. The smallest absolute Gasteiger partial charge is 0.241 e. The second-order valence-corrected chi connectivity index (χ2v) is 8.84. The van der Waals surface area contributed by atoms with E-state index in [-0.39, 0.29) is 31.0 Å². The molecule has 2 atom stereocenters. The van der Waals surface area contributed by atoms with Crippen LogP contribution in [0.1, 0.15) is 47.6 Å². The second kappa shape index (κ2) is 8.06. The zero-order valence-corrected chi connectivity index (χ0v) is 17.3. The highest BCUT2D eigenvalue weighted by molar-refractivity contribution is 7.89. The minimum absolute atomic E-state index is 0.000509. The zero-order chi connectivity index (χ0) is 19.6. The molecule has 1 saturated heterocycles. The van der Waals surface area contributed by atoms with Gasteiger partial charge in [-0.15, -0.1) is 0 Å². The highest BCUT2D eigenvalue weighted by Crippen LogP contribution is 2.29. The van der Waals surface area contributed by atoms with Crippen molar-refractivity contribution in [1.29, 1.82) is 0 Å². The first-order valence-electron chi connectivity index (χ1n) is 9.03. The Bertz CT molecular complexity index is 773. The number of nitrogens with one attached hydrogen (secondary N) is 2. The van der Waals surface area contributed by atoms with Crippen LogP contribution in [-0.2, 0) is 19.6 Å². The molecule has 1 aliphatic heterocycles. The SMILES string of the molecule is Cc1c(C)c(C)c(S(=O)(=O)NCCC(=O)N[C@@H]2CCO[C@@H]2C)c(C)c1C. The van der Waals surface area contributed by atoms with Crippen LogP contribution in [0.5, 0.6) is 0 Å². The molecule has 1 aromatic rings. The van der Waals surface area contributed by atoms with Crippen LogP contribution in [0.25, 0.3) is 0 Å². The van der Waals surface area contributed by atoms with E-state index in [1.54, 1.807) is 0 Å². The zero-order valence-electron chi connectivity index (χ0n) is 16.5. The van der Waals surface area contributed by atoms with E-state index >= 15 is 0 Å². The monoisotopic (exact) mass is 382 g/mol. The minimum atomic E-state index is -3.67. The highest BCUT2D eigenvalue weighted by Gasteiger charge is 2.26. The molecule has 0 unspecified atom stereocenters. The number of amides is 1. The van der Waals surface area contributed by atoms with Crippen LogP contribution in [0.4, 0.5) is 0 Å². The maximum Gasteiger partial charge on any atom is 0.241 e. The van der Waals surface area contributed by atoms with Gasteiger partial charge in [-0.1, -0.05) is 0 Å². The third kappa shape index (κ3) is 4.27. The van der Waals surface area contributed by atoms with Crippen molar-refractivity contribution in [3.63, 3.8) is 0 Å². The average molecular weight is 383 g/mol. The lowest BCUT2D eigenvalue weighted by Crippen LogP contribution is -2.40. The molecule has 0 aromatic heterocycles. The Labute approximate surface area is 156 Å². The summed E-state index contributed by atoms with van der Waals surface area (Å²) in [6.45, 7) is 12.2. The number of hydrogen-bond donors (Lipinski definition) is 2. The number of hydrogen-bond acceptors (Lipinski definition) is 4. The molecule has 0 radical (unpaired) electrons. The summed E-state index contributed by atoms with van der Waals surface area (Å²) < 4.78 is 33.6. The summed E-state index contributed by atoms with van der Waals surface area (Å²) in [6.07, 6.45) is 0.892. The van der Waals surface area contributed by atoms with Crippen molar-refractivity contribution in [3.8, 4) is 0 Å². The molecule has 0 aliphatic carbocycles. The van der Waals surface area contributed by atoms with Gasteiger partial charge in [-0.2, -0.15) is 0 Å². The van der Waals surface area contributed by atoms with Crippen LogP contribution in [0, 0.1) is 34.6 Å². The van der Waals surface area contributed by atoms with Gasteiger partial charge in [-0.05, 0) is 75.8 Å². The van der Waals surface area contributed by atoms with Crippen LogP contribution in [0.2, 0.25) is 0 Å². The maximum absolute atomic E-state index is 12.8.